The van der Waals surface area contributed by atoms with Crippen LogP contribution in [0.15, 0.2) is 22.6 Å². The summed E-state index contributed by atoms with van der Waals surface area (Å²) in [6.07, 6.45) is 1.37. The molecular weight excluding hydrogens is 304 g/mol. The van der Waals surface area contributed by atoms with Crippen molar-refractivity contribution in [1.82, 2.24) is 9.88 Å². The molecule has 24 heavy (non-hydrogen) atoms. The topological polar surface area (TPSA) is 66.6 Å². The Morgan fingerprint density at radius 1 is 1.38 bits per heavy atom. The van der Waals surface area contributed by atoms with Gasteiger partial charge in [0.15, 0.2) is 11.5 Å². The van der Waals surface area contributed by atoms with E-state index in [9.17, 15) is 9.90 Å². The molecule has 0 bridgehead atoms. The number of rotatable bonds is 4. The van der Waals surface area contributed by atoms with Crippen LogP contribution in [0.4, 0.5) is 0 Å². The molecule has 5 heteroatoms. The minimum atomic E-state index is -0.560. The first-order valence-corrected chi connectivity index (χ1v) is 8.77. The van der Waals surface area contributed by atoms with E-state index in [1.54, 1.807) is 0 Å². The fraction of sp³-hybridized carbons (Fsp3) is 0.579. The molecule has 5 nitrogen and oxygen atoms in total. The summed E-state index contributed by atoms with van der Waals surface area (Å²) >= 11 is 0. The number of fused-ring (bicyclic) bond motifs is 1. The van der Waals surface area contributed by atoms with Gasteiger partial charge in [-0.3, -0.25) is 4.79 Å². The lowest BCUT2D eigenvalue weighted by atomic mass is 9.96. The highest BCUT2D eigenvalue weighted by molar-refractivity contribution is 5.77. The third-order valence-electron chi connectivity index (χ3n) is 4.98. The number of aliphatic hydroxyl groups excluding tert-OH is 1. The number of aromatic nitrogens is 1. The van der Waals surface area contributed by atoms with Crippen molar-refractivity contribution in [2.75, 3.05) is 13.1 Å². The van der Waals surface area contributed by atoms with Crippen LogP contribution in [0.2, 0.25) is 0 Å². The van der Waals surface area contributed by atoms with Gasteiger partial charge >= 0.3 is 0 Å². The van der Waals surface area contributed by atoms with Crippen LogP contribution in [0.3, 0.4) is 0 Å². The maximum atomic E-state index is 12.3. The van der Waals surface area contributed by atoms with Crippen LogP contribution in [0.25, 0.3) is 11.1 Å². The molecule has 0 saturated carbocycles. The first-order chi connectivity index (χ1) is 11.5. The van der Waals surface area contributed by atoms with E-state index in [0.717, 1.165) is 35.4 Å². The molecule has 1 N–H and O–H groups in total. The maximum Gasteiger partial charge on any atom is 0.225 e. The number of carbonyl (C=O) groups excluding carboxylic acids is 1. The van der Waals surface area contributed by atoms with Gasteiger partial charge in [0.1, 0.15) is 5.52 Å². The molecule has 1 fully saturated rings. The molecule has 0 spiro atoms. The van der Waals surface area contributed by atoms with Crippen LogP contribution in [0, 0.1) is 12.8 Å². The third kappa shape index (κ3) is 3.46. The second-order valence-electron chi connectivity index (χ2n) is 7.15. The fourth-order valence-electron chi connectivity index (χ4n) is 3.20. The smallest absolute Gasteiger partial charge is 0.225 e. The number of hydrogen-bond acceptors (Lipinski definition) is 4. The number of oxazole rings is 1. The molecule has 1 unspecified atom stereocenters. The molecule has 2 aromatic rings. The number of hydrogen-bond donors (Lipinski definition) is 1. The summed E-state index contributed by atoms with van der Waals surface area (Å²) in [6, 6.07) is 5.99. The Hall–Kier alpha value is -1.88. The van der Waals surface area contributed by atoms with Gasteiger partial charge in [0.25, 0.3) is 0 Å². The first-order valence-electron chi connectivity index (χ1n) is 8.77. The molecule has 1 aromatic heterocycles. The number of amides is 1. The highest BCUT2D eigenvalue weighted by atomic mass is 16.3. The molecule has 1 amide bonds. The summed E-state index contributed by atoms with van der Waals surface area (Å²) in [7, 11) is 0. The molecule has 1 aliphatic heterocycles. The Labute approximate surface area is 142 Å². The number of aryl methyl sites for hydroxylation is 1. The van der Waals surface area contributed by atoms with Gasteiger partial charge in [0, 0.05) is 19.0 Å². The number of benzene rings is 1. The largest absolute Gasteiger partial charge is 0.440 e. The van der Waals surface area contributed by atoms with Crippen molar-refractivity contribution >= 4 is 17.0 Å². The van der Waals surface area contributed by atoms with Crippen molar-refractivity contribution in [2.45, 2.75) is 52.1 Å². The Bertz CT molecular complexity index is 714. The standard InChI is InChI=1S/C19H26N2O3/c1-12(2)16(22)11-17(23)21-9-7-14(8-10-21)19-20-15-6-4-5-13(3)18(15)24-19/h4-6,12,14,16,22H,7-11H2,1-3H3. The van der Waals surface area contributed by atoms with Crippen molar-refractivity contribution < 1.29 is 14.3 Å². The molecule has 1 aliphatic rings. The predicted molar refractivity (Wildman–Crippen MR) is 92.8 cm³/mol. The zero-order chi connectivity index (χ0) is 17.3. The average Bonchev–Trinajstić information content (AvgIpc) is 3.00. The lowest BCUT2D eigenvalue weighted by Crippen LogP contribution is -2.40. The molecule has 130 valence electrons. The predicted octanol–water partition coefficient (Wildman–Crippen LogP) is 3.25. The lowest BCUT2D eigenvalue weighted by molar-refractivity contribution is -0.135. The molecule has 1 saturated heterocycles. The van der Waals surface area contributed by atoms with Crippen LogP contribution < -0.4 is 0 Å². The quantitative estimate of drug-likeness (QED) is 0.934. The van der Waals surface area contributed by atoms with Gasteiger partial charge in [-0.15, -0.1) is 0 Å². The zero-order valence-electron chi connectivity index (χ0n) is 14.7. The normalized spacial score (nSPS) is 17.6. The van der Waals surface area contributed by atoms with Crippen LogP contribution >= 0.6 is 0 Å². The molecular formula is C19H26N2O3. The summed E-state index contributed by atoms with van der Waals surface area (Å²) in [5, 5.41) is 9.89. The Kier molecular flexibility index (Phi) is 4.90. The first kappa shape index (κ1) is 17.0. The van der Waals surface area contributed by atoms with Gasteiger partial charge in [0.2, 0.25) is 5.91 Å². The van der Waals surface area contributed by atoms with E-state index in [1.807, 2.05) is 43.9 Å². The van der Waals surface area contributed by atoms with Crippen molar-refractivity contribution in [2.24, 2.45) is 5.92 Å². The van der Waals surface area contributed by atoms with Crippen molar-refractivity contribution in [3.8, 4) is 0 Å². The van der Waals surface area contributed by atoms with Crippen LogP contribution in [-0.4, -0.2) is 40.1 Å². The number of carbonyl (C=O) groups is 1. The Morgan fingerprint density at radius 3 is 2.71 bits per heavy atom. The molecule has 3 rings (SSSR count). The van der Waals surface area contributed by atoms with Gasteiger partial charge in [0.05, 0.1) is 12.5 Å². The SMILES string of the molecule is Cc1cccc2nc(C3CCN(C(=O)CC(O)C(C)C)CC3)oc12. The van der Waals surface area contributed by atoms with Gasteiger partial charge in [-0.05, 0) is 37.3 Å². The molecule has 0 aliphatic carbocycles. The Balaban J connectivity index is 1.62. The summed E-state index contributed by atoms with van der Waals surface area (Å²) in [5.41, 5.74) is 2.87. The van der Waals surface area contributed by atoms with E-state index in [0.29, 0.717) is 13.1 Å². The average molecular weight is 330 g/mol. The Morgan fingerprint density at radius 2 is 2.08 bits per heavy atom. The van der Waals surface area contributed by atoms with Crippen molar-refractivity contribution in [3.05, 3.63) is 29.7 Å². The van der Waals surface area contributed by atoms with E-state index in [1.165, 1.54) is 0 Å². The second-order valence-corrected chi connectivity index (χ2v) is 7.15. The van der Waals surface area contributed by atoms with E-state index in [4.69, 9.17) is 4.42 Å². The highest BCUT2D eigenvalue weighted by Gasteiger charge is 2.28. The van der Waals surface area contributed by atoms with Crippen LogP contribution in [0.1, 0.15) is 50.5 Å². The molecule has 1 aromatic carbocycles. The highest BCUT2D eigenvalue weighted by Crippen LogP contribution is 2.31. The number of nitrogens with zero attached hydrogens (tertiary/aromatic N) is 2. The zero-order valence-corrected chi connectivity index (χ0v) is 14.7. The minimum Gasteiger partial charge on any atom is -0.440 e. The second kappa shape index (κ2) is 6.93. The van der Waals surface area contributed by atoms with Gasteiger partial charge in [-0.2, -0.15) is 0 Å². The van der Waals surface area contributed by atoms with Gasteiger partial charge < -0.3 is 14.4 Å². The number of piperidine rings is 1. The third-order valence-corrected chi connectivity index (χ3v) is 4.98. The summed E-state index contributed by atoms with van der Waals surface area (Å²) in [6.45, 7) is 7.29. The van der Waals surface area contributed by atoms with Gasteiger partial charge in [-0.1, -0.05) is 26.0 Å². The maximum absolute atomic E-state index is 12.3. The number of para-hydroxylation sites is 1. The number of aliphatic hydroxyl groups is 1. The molecule has 0 radical (unpaired) electrons. The van der Waals surface area contributed by atoms with E-state index < -0.39 is 6.10 Å². The molecule has 1 atom stereocenters. The number of likely N-dealkylation sites (tertiary alicyclic amines) is 1. The van der Waals surface area contributed by atoms with E-state index >= 15 is 0 Å². The van der Waals surface area contributed by atoms with Gasteiger partial charge in [-0.25, -0.2) is 4.98 Å². The lowest BCUT2D eigenvalue weighted by Gasteiger charge is -2.31. The fourth-order valence-corrected chi connectivity index (χ4v) is 3.20. The van der Waals surface area contributed by atoms with Crippen molar-refractivity contribution in [3.63, 3.8) is 0 Å². The summed E-state index contributed by atoms with van der Waals surface area (Å²) in [4.78, 5) is 18.8. The monoisotopic (exact) mass is 330 g/mol. The summed E-state index contributed by atoms with van der Waals surface area (Å²) in [5.74, 6) is 1.20. The molecule has 2 heterocycles. The van der Waals surface area contributed by atoms with Crippen LogP contribution in [0.5, 0.6) is 0 Å². The van der Waals surface area contributed by atoms with E-state index in [2.05, 4.69) is 4.98 Å². The summed E-state index contributed by atoms with van der Waals surface area (Å²) < 4.78 is 5.98. The minimum absolute atomic E-state index is 0.0445. The van der Waals surface area contributed by atoms with Crippen LogP contribution in [-0.2, 0) is 4.79 Å². The van der Waals surface area contributed by atoms with Crippen molar-refractivity contribution in [1.29, 1.82) is 0 Å². The van der Waals surface area contributed by atoms with E-state index in [-0.39, 0.29) is 24.2 Å².